The van der Waals surface area contributed by atoms with Gasteiger partial charge in [0.1, 0.15) is 0 Å². The maximum atomic E-state index is 11.6. The monoisotopic (exact) mass is 202 g/mol. The second-order valence-corrected chi connectivity index (χ2v) is 3.68. The van der Waals surface area contributed by atoms with Crippen LogP contribution in [-0.2, 0) is 9.53 Å². The van der Waals surface area contributed by atoms with E-state index in [0.29, 0.717) is 26.1 Å². The Morgan fingerprint density at radius 1 is 1.71 bits per heavy atom. The number of hydrogen-bond acceptors (Lipinski definition) is 4. The zero-order valence-corrected chi connectivity index (χ0v) is 8.48. The first-order valence-corrected chi connectivity index (χ1v) is 4.83. The molecule has 0 bridgehead atoms. The van der Waals surface area contributed by atoms with Gasteiger partial charge in [0.25, 0.3) is 0 Å². The predicted molar refractivity (Wildman–Crippen MR) is 51.6 cm³/mol. The number of ether oxygens (including phenoxy) is 1. The minimum atomic E-state index is -0.463. The molecule has 1 amide bonds. The van der Waals surface area contributed by atoms with Gasteiger partial charge in [0.15, 0.2) is 0 Å². The number of likely N-dealkylation sites (tertiary alicyclic amines) is 1. The van der Waals surface area contributed by atoms with Crippen LogP contribution < -0.4 is 5.73 Å². The number of aliphatic hydroxyl groups is 1. The summed E-state index contributed by atoms with van der Waals surface area (Å²) in [7, 11) is 1.59. The molecule has 3 N–H and O–H groups in total. The fraction of sp³-hybridized carbons (Fsp3) is 0.889. The summed E-state index contributed by atoms with van der Waals surface area (Å²) in [4.78, 5) is 13.2. The van der Waals surface area contributed by atoms with Crippen LogP contribution in [0.15, 0.2) is 0 Å². The normalized spacial score (nSPS) is 19.2. The van der Waals surface area contributed by atoms with Gasteiger partial charge in [-0.2, -0.15) is 0 Å². The van der Waals surface area contributed by atoms with Gasteiger partial charge in [-0.1, -0.05) is 0 Å². The average Bonchev–Trinajstić information content (AvgIpc) is 2.12. The third-order valence-corrected chi connectivity index (χ3v) is 2.48. The summed E-state index contributed by atoms with van der Waals surface area (Å²) in [6, 6.07) is -0.463. The Labute approximate surface area is 83.8 Å². The number of nitrogens with two attached hydrogens (primary N) is 1. The molecule has 5 nitrogen and oxygen atoms in total. The highest BCUT2D eigenvalue weighted by molar-refractivity contribution is 5.82. The van der Waals surface area contributed by atoms with Crippen LogP contribution in [0.4, 0.5) is 0 Å². The molecule has 1 heterocycles. The van der Waals surface area contributed by atoms with Gasteiger partial charge in [0, 0.05) is 39.3 Å². The lowest BCUT2D eigenvalue weighted by Crippen LogP contribution is -2.56. The van der Waals surface area contributed by atoms with E-state index in [9.17, 15) is 4.79 Å². The minimum Gasteiger partial charge on any atom is -0.396 e. The highest BCUT2D eigenvalue weighted by Crippen LogP contribution is 2.15. The number of carbonyl (C=O) groups excluding carboxylic acids is 1. The summed E-state index contributed by atoms with van der Waals surface area (Å²) >= 11 is 0. The molecule has 82 valence electrons. The average molecular weight is 202 g/mol. The van der Waals surface area contributed by atoms with Gasteiger partial charge in [-0.05, 0) is 6.42 Å². The Morgan fingerprint density at radius 2 is 2.36 bits per heavy atom. The van der Waals surface area contributed by atoms with E-state index in [-0.39, 0.29) is 18.4 Å². The molecule has 1 saturated heterocycles. The molecule has 1 unspecified atom stereocenters. The van der Waals surface area contributed by atoms with E-state index < -0.39 is 6.04 Å². The third-order valence-electron chi connectivity index (χ3n) is 2.48. The van der Waals surface area contributed by atoms with Gasteiger partial charge < -0.3 is 20.5 Å². The van der Waals surface area contributed by atoms with Crippen molar-refractivity contribution >= 4 is 5.91 Å². The smallest absolute Gasteiger partial charge is 0.239 e. The van der Waals surface area contributed by atoms with Crippen molar-refractivity contribution in [3.05, 3.63) is 0 Å². The van der Waals surface area contributed by atoms with Gasteiger partial charge in [0.05, 0.1) is 6.04 Å². The van der Waals surface area contributed by atoms with E-state index in [0.717, 1.165) is 0 Å². The summed E-state index contributed by atoms with van der Waals surface area (Å²) in [5.41, 5.74) is 5.67. The second kappa shape index (κ2) is 5.29. The summed E-state index contributed by atoms with van der Waals surface area (Å²) < 4.78 is 4.85. The van der Waals surface area contributed by atoms with Gasteiger partial charge in [-0.15, -0.1) is 0 Å². The lowest BCUT2D eigenvalue weighted by atomic mass is 10.00. The summed E-state index contributed by atoms with van der Waals surface area (Å²) in [5, 5.41) is 8.78. The standard InChI is InChI=1S/C9H18N2O3/c1-14-3-2-8(10)9(13)11-4-7(5-11)6-12/h7-8,12H,2-6,10H2,1H3. The third kappa shape index (κ3) is 2.67. The number of hydrogen-bond donors (Lipinski definition) is 2. The first-order valence-electron chi connectivity index (χ1n) is 4.83. The Balaban J connectivity index is 2.21. The molecule has 1 aliphatic rings. The molecule has 0 aliphatic carbocycles. The largest absolute Gasteiger partial charge is 0.396 e. The molecule has 0 spiro atoms. The molecule has 1 aliphatic heterocycles. The van der Waals surface area contributed by atoms with Crippen molar-refractivity contribution in [2.75, 3.05) is 33.4 Å². The van der Waals surface area contributed by atoms with Crippen LogP contribution >= 0.6 is 0 Å². The summed E-state index contributed by atoms with van der Waals surface area (Å²) in [6.45, 7) is 1.92. The lowest BCUT2D eigenvalue weighted by molar-refractivity contribution is -0.140. The van der Waals surface area contributed by atoms with E-state index in [1.165, 1.54) is 0 Å². The maximum absolute atomic E-state index is 11.6. The Kier molecular flexibility index (Phi) is 4.31. The first kappa shape index (κ1) is 11.4. The van der Waals surface area contributed by atoms with Crippen molar-refractivity contribution in [2.24, 2.45) is 11.7 Å². The summed E-state index contributed by atoms with van der Waals surface area (Å²) in [6.07, 6.45) is 0.551. The van der Waals surface area contributed by atoms with Crippen LogP contribution in [0.2, 0.25) is 0 Å². The number of carbonyl (C=O) groups is 1. The molecule has 14 heavy (non-hydrogen) atoms. The number of nitrogens with zero attached hydrogens (tertiary/aromatic N) is 1. The summed E-state index contributed by atoms with van der Waals surface area (Å²) in [5.74, 6) is 0.209. The van der Waals surface area contributed by atoms with Gasteiger partial charge in [-0.25, -0.2) is 0 Å². The predicted octanol–water partition coefficient (Wildman–Crippen LogP) is -1.20. The fourth-order valence-electron chi connectivity index (χ4n) is 1.47. The molecule has 0 aromatic rings. The number of rotatable bonds is 5. The molecule has 0 aromatic heterocycles. The van der Waals surface area contributed by atoms with E-state index in [4.69, 9.17) is 15.6 Å². The second-order valence-electron chi connectivity index (χ2n) is 3.68. The van der Waals surface area contributed by atoms with E-state index in [1.807, 2.05) is 0 Å². The first-order chi connectivity index (χ1) is 6.69. The van der Waals surface area contributed by atoms with Crippen LogP contribution in [0.3, 0.4) is 0 Å². The van der Waals surface area contributed by atoms with Crippen LogP contribution in [0.25, 0.3) is 0 Å². The molecule has 0 saturated carbocycles. The van der Waals surface area contributed by atoms with Gasteiger partial charge in [0.2, 0.25) is 5.91 Å². The van der Waals surface area contributed by atoms with Crippen LogP contribution in [0, 0.1) is 5.92 Å². The quantitative estimate of drug-likeness (QED) is 0.587. The molecular weight excluding hydrogens is 184 g/mol. The van der Waals surface area contributed by atoms with Crippen molar-refractivity contribution in [1.82, 2.24) is 4.90 Å². The Morgan fingerprint density at radius 3 is 2.86 bits per heavy atom. The van der Waals surface area contributed by atoms with Gasteiger partial charge >= 0.3 is 0 Å². The van der Waals surface area contributed by atoms with E-state index >= 15 is 0 Å². The zero-order valence-electron chi connectivity index (χ0n) is 8.48. The van der Waals surface area contributed by atoms with Crippen molar-refractivity contribution < 1.29 is 14.6 Å². The van der Waals surface area contributed by atoms with Crippen LogP contribution in [0.1, 0.15) is 6.42 Å². The molecular formula is C9H18N2O3. The van der Waals surface area contributed by atoms with E-state index in [1.54, 1.807) is 12.0 Å². The van der Waals surface area contributed by atoms with E-state index in [2.05, 4.69) is 0 Å². The number of aliphatic hydroxyl groups excluding tert-OH is 1. The maximum Gasteiger partial charge on any atom is 0.239 e. The number of amides is 1. The Bertz CT molecular complexity index is 186. The van der Waals surface area contributed by atoms with Crippen LogP contribution in [0.5, 0.6) is 0 Å². The minimum absolute atomic E-state index is 0.0354. The van der Waals surface area contributed by atoms with Crippen molar-refractivity contribution in [3.8, 4) is 0 Å². The zero-order chi connectivity index (χ0) is 10.6. The van der Waals surface area contributed by atoms with Crippen LogP contribution in [-0.4, -0.2) is 55.4 Å². The highest BCUT2D eigenvalue weighted by atomic mass is 16.5. The molecule has 0 aromatic carbocycles. The fourth-order valence-corrected chi connectivity index (χ4v) is 1.47. The van der Waals surface area contributed by atoms with Crippen molar-refractivity contribution in [2.45, 2.75) is 12.5 Å². The number of methoxy groups -OCH3 is 1. The molecule has 0 radical (unpaired) electrons. The molecule has 1 rings (SSSR count). The highest BCUT2D eigenvalue weighted by Gasteiger charge is 2.32. The topological polar surface area (TPSA) is 75.8 Å². The SMILES string of the molecule is COCCC(N)C(=O)N1CC(CO)C1. The molecule has 5 heteroatoms. The molecule has 1 atom stereocenters. The van der Waals surface area contributed by atoms with Crippen molar-refractivity contribution in [3.63, 3.8) is 0 Å². The van der Waals surface area contributed by atoms with Crippen molar-refractivity contribution in [1.29, 1.82) is 0 Å². The van der Waals surface area contributed by atoms with Gasteiger partial charge in [-0.3, -0.25) is 4.79 Å². The molecule has 1 fully saturated rings. The lowest BCUT2D eigenvalue weighted by Gasteiger charge is -2.39. The Hall–Kier alpha value is -0.650.